The van der Waals surface area contributed by atoms with Gasteiger partial charge in [0, 0.05) is 16.6 Å². The fourth-order valence-corrected chi connectivity index (χ4v) is 4.78. The van der Waals surface area contributed by atoms with Gasteiger partial charge in [-0.3, -0.25) is 0 Å². The molecule has 0 aliphatic carbocycles. The summed E-state index contributed by atoms with van der Waals surface area (Å²) in [5, 5.41) is 2.49. The van der Waals surface area contributed by atoms with Crippen molar-refractivity contribution in [1.82, 2.24) is 9.97 Å². The first kappa shape index (κ1) is 20.4. The molecule has 0 aliphatic rings. The van der Waals surface area contributed by atoms with Crippen molar-refractivity contribution in [2.75, 3.05) is 4.90 Å². The van der Waals surface area contributed by atoms with Crippen LogP contribution >= 0.6 is 0 Å². The fraction of sp³-hybridized carbons (Fsp3) is 0.0968. The summed E-state index contributed by atoms with van der Waals surface area (Å²) in [5.41, 5.74) is 10.7. The minimum atomic E-state index is 0.914. The maximum atomic E-state index is 5.01. The quantitative estimate of drug-likeness (QED) is 0.260. The van der Waals surface area contributed by atoms with Crippen molar-refractivity contribution in [1.29, 1.82) is 0 Å². The molecule has 0 unspecified atom stereocenters. The molecule has 1 heterocycles. The van der Waals surface area contributed by atoms with Gasteiger partial charge in [-0.2, -0.15) is 0 Å². The second kappa shape index (κ2) is 7.96. The first-order valence-electron chi connectivity index (χ1n) is 11.6. The summed E-state index contributed by atoms with van der Waals surface area (Å²) in [4.78, 5) is 12.2. The van der Waals surface area contributed by atoms with E-state index in [4.69, 9.17) is 9.97 Å². The Balaban J connectivity index is 1.66. The van der Waals surface area contributed by atoms with Gasteiger partial charge in [-0.1, -0.05) is 60.2 Å². The molecule has 0 bridgehead atoms. The van der Waals surface area contributed by atoms with Gasteiger partial charge >= 0.3 is 0 Å². The van der Waals surface area contributed by atoms with Gasteiger partial charge in [0.25, 0.3) is 0 Å². The number of rotatable bonds is 3. The zero-order valence-electron chi connectivity index (χ0n) is 19.6. The summed E-state index contributed by atoms with van der Waals surface area (Å²) in [6, 6.07) is 34.1. The van der Waals surface area contributed by atoms with Crippen LogP contribution in [-0.4, -0.2) is 9.97 Å². The van der Waals surface area contributed by atoms with Crippen LogP contribution in [0.25, 0.3) is 32.8 Å². The first-order chi connectivity index (χ1) is 16.6. The van der Waals surface area contributed by atoms with E-state index in [0.29, 0.717) is 0 Å². The largest absolute Gasteiger partial charge is 0.310 e. The number of para-hydroxylation sites is 2. The van der Waals surface area contributed by atoms with Crippen LogP contribution in [0.4, 0.5) is 17.1 Å². The number of aryl methyl sites for hydroxylation is 3. The lowest BCUT2D eigenvalue weighted by Crippen LogP contribution is -2.12. The van der Waals surface area contributed by atoms with Crippen molar-refractivity contribution >= 4 is 49.9 Å². The molecule has 5 aromatic carbocycles. The van der Waals surface area contributed by atoms with Gasteiger partial charge in [0.2, 0.25) is 0 Å². The van der Waals surface area contributed by atoms with E-state index in [-0.39, 0.29) is 0 Å². The van der Waals surface area contributed by atoms with Crippen molar-refractivity contribution in [2.24, 2.45) is 0 Å². The van der Waals surface area contributed by atoms with Crippen LogP contribution in [0.2, 0.25) is 0 Å². The SMILES string of the molecule is Cc1ccc(N(c2ccc3nc4ccccc4nc3c2C)c2ccc(C)c3ccccc23)cc1. The van der Waals surface area contributed by atoms with Crippen molar-refractivity contribution < 1.29 is 0 Å². The third-order valence-electron chi connectivity index (χ3n) is 6.63. The Bertz CT molecular complexity index is 1680. The van der Waals surface area contributed by atoms with Crippen molar-refractivity contribution in [3.8, 4) is 0 Å². The van der Waals surface area contributed by atoms with Crippen LogP contribution in [0.15, 0.2) is 97.1 Å². The van der Waals surface area contributed by atoms with Crippen molar-refractivity contribution in [2.45, 2.75) is 20.8 Å². The smallest absolute Gasteiger partial charge is 0.0944 e. The molecule has 0 amide bonds. The Kier molecular flexibility index (Phi) is 4.77. The lowest BCUT2D eigenvalue weighted by Gasteiger charge is -2.29. The maximum Gasteiger partial charge on any atom is 0.0944 e. The molecule has 0 saturated heterocycles. The average Bonchev–Trinajstić information content (AvgIpc) is 2.87. The zero-order chi connectivity index (χ0) is 23.2. The van der Waals surface area contributed by atoms with Crippen molar-refractivity contribution in [3.63, 3.8) is 0 Å². The van der Waals surface area contributed by atoms with Gasteiger partial charge in [-0.15, -0.1) is 0 Å². The molecule has 3 heteroatoms. The van der Waals surface area contributed by atoms with E-state index in [1.807, 2.05) is 24.3 Å². The summed E-state index contributed by atoms with van der Waals surface area (Å²) in [5.74, 6) is 0. The van der Waals surface area contributed by atoms with E-state index < -0.39 is 0 Å². The highest BCUT2D eigenvalue weighted by Crippen LogP contribution is 2.42. The van der Waals surface area contributed by atoms with Gasteiger partial charge in [-0.05, 0) is 74.2 Å². The highest BCUT2D eigenvalue weighted by atomic mass is 15.1. The molecular weight excluding hydrogens is 414 g/mol. The molecule has 3 nitrogen and oxygen atoms in total. The third kappa shape index (κ3) is 3.29. The van der Waals surface area contributed by atoms with Gasteiger partial charge in [0.15, 0.2) is 0 Å². The Labute approximate surface area is 199 Å². The van der Waals surface area contributed by atoms with Gasteiger partial charge in [0.05, 0.1) is 33.4 Å². The monoisotopic (exact) mass is 439 g/mol. The Morgan fingerprint density at radius 3 is 1.94 bits per heavy atom. The normalized spacial score (nSPS) is 11.4. The lowest BCUT2D eigenvalue weighted by atomic mass is 10.0. The van der Waals surface area contributed by atoms with Gasteiger partial charge in [0.1, 0.15) is 0 Å². The van der Waals surface area contributed by atoms with Crippen LogP contribution in [0.1, 0.15) is 16.7 Å². The summed E-state index contributed by atoms with van der Waals surface area (Å²) >= 11 is 0. The van der Waals surface area contributed by atoms with E-state index in [0.717, 1.165) is 44.7 Å². The van der Waals surface area contributed by atoms with Crippen LogP contribution < -0.4 is 4.90 Å². The number of nitrogens with zero attached hydrogens (tertiary/aromatic N) is 3. The Morgan fingerprint density at radius 2 is 1.18 bits per heavy atom. The molecule has 34 heavy (non-hydrogen) atoms. The van der Waals surface area contributed by atoms with E-state index in [2.05, 4.69) is 98.5 Å². The molecule has 0 N–H and O–H groups in total. The van der Waals surface area contributed by atoms with E-state index in [9.17, 15) is 0 Å². The molecule has 0 atom stereocenters. The molecule has 0 aliphatic heterocycles. The number of hydrogen-bond acceptors (Lipinski definition) is 3. The topological polar surface area (TPSA) is 29.0 Å². The molecule has 6 rings (SSSR count). The molecule has 0 saturated carbocycles. The first-order valence-corrected chi connectivity index (χ1v) is 11.6. The molecule has 164 valence electrons. The second-order valence-corrected chi connectivity index (χ2v) is 8.91. The summed E-state index contributed by atoms with van der Waals surface area (Å²) in [7, 11) is 0. The molecular formula is C31H25N3. The maximum absolute atomic E-state index is 5.01. The predicted molar refractivity (Wildman–Crippen MR) is 143 cm³/mol. The highest BCUT2D eigenvalue weighted by Gasteiger charge is 2.19. The standard InChI is InChI=1S/C31H25N3/c1-20-12-15-23(16-13-20)34(30-18-14-21(2)24-8-4-5-9-25(24)30)29-19-17-28-31(22(29)3)33-27-11-7-6-10-26(27)32-28/h4-19H,1-3H3. The Hall–Kier alpha value is -4.24. The van der Waals surface area contributed by atoms with Gasteiger partial charge in [-0.25, -0.2) is 9.97 Å². The number of benzene rings is 5. The van der Waals surface area contributed by atoms with Gasteiger partial charge < -0.3 is 4.90 Å². The van der Waals surface area contributed by atoms with Crippen molar-refractivity contribution in [3.05, 3.63) is 114 Å². The molecule has 6 aromatic rings. The van der Waals surface area contributed by atoms with Crippen LogP contribution in [0.3, 0.4) is 0 Å². The predicted octanol–water partition coefficient (Wildman–Crippen LogP) is 8.33. The zero-order valence-corrected chi connectivity index (χ0v) is 19.6. The number of fused-ring (bicyclic) bond motifs is 3. The van der Waals surface area contributed by atoms with Crippen LogP contribution in [0, 0.1) is 20.8 Å². The third-order valence-corrected chi connectivity index (χ3v) is 6.63. The second-order valence-electron chi connectivity index (χ2n) is 8.91. The van der Waals surface area contributed by atoms with Crippen LogP contribution in [0.5, 0.6) is 0 Å². The van der Waals surface area contributed by atoms with E-state index >= 15 is 0 Å². The lowest BCUT2D eigenvalue weighted by molar-refractivity contribution is 1.25. The number of anilines is 3. The van der Waals surface area contributed by atoms with Crippen LogP contribution in [-0.2, 0) is 0 Å². The highest BCUT2D eigenvalue weighted by molar-refractivity contribution is 6.02. The van der Waals surface area contributed by atoms with E-state index in [1.54, 1.807) is 0 Å². The number of aromatic nitrogens is 2. The minimum Gasteiger partial charge on any atom is -0.310 e. The van der Waals surface area contributed by atoms with E-state index in [1.165, 1.54) is 21.9 Å². The molecule has 0 spiro atoms. The minimum absolute atomic E-state index is 0.914. The molecule has 1 aromatic heterocycles. The average molecular weight is 440 g/mol. The summed E-state index contributed by atoms with van der Waals surface area (Å²) < 4.78 is 0. The molecule has 0 radical (unpaired) electrons. The Morgan fingerprint density at radius 1 is 0.529 bits per heavy atom. The molecule has 0 fully saturated rings. The summed E-state index contributed by atoms with van der Waals surface area (Å²) in [6.45, 7) is 6.44. The number of hydrogen-bond donors (Lipinski definition) is 0. The fourth-order valence-electron chi connectivity index (χ4n) is 4.78. The summed E-state index contributed by atoms with van der Waals surface area (Å²) in [6.07, 6.45) is 0.